The first-order valence-electron chi connectivity index (χ1n) is 6.10. The predicted octanol–water partition coefficient (Wildman–Crippen LogP) is 2.42. The van der Waals surface area contributed by atoms with E-state index in [1.807, 2.05) is 0 Å². The van der Waals surface area contributed by atoms with E-state index in [0.29, 0.717) is 16.7 Å². The van der Waals surface area contributed by atoms with Crippen LogP contribution < -0.4 is 5.32 Å². The first-order valence-corrected chi connectivity index (χ1v) is 6.10. The summed E-state index contributed by atoms with van der Waals surface area (Å²) in [5.41, 5.74) is 0.617. The summed E-state index contributed by atoms with van der Waals surface area (Å²) < 4.78 is 17.9. The summed E-state index contributed by atoms with van der Waals surface area (Å²) in [6, 6.07) is 5.43. The molecule has 0 atom stereocenters. The van der Waals surface area contributed by atoms with Gasteiger partial charge in [-0.1, -0.05) is 5.16 Å². The number of amides is 1. The number of halogens is 1. The lowest BCUT2D eigenvalue weighted by Gasteiger charge is -1.99. The third kappa shape index (κ3) is 2.40. The minimum absolute atomic E-state index is 0.164. The lowest BCUT2D eigenvalue weighted by atomic mass is 10.1. The number of aromatic amines is 1. The molecule has 3 aromatic rings. The molecule has 0 unspecified atom stereocenters. The Labute approximate surface area is 117 Å². The SMILES string of the molecule is Cc1cc(NC(=O)C(=O)c2c[nH]c3cc(F)ccc23)no1. The van der Waals surface area contributed by atoms with Crippen molar-refractivity contribution in [2.24, 2.45) is 0 Å². The highest BCUT2D eigenvalue weighted by Crippen LogP contribution is 2.20. The molecule has 1 amide bonds. The van der Waals surface area contributed by atoms with Crippen LogP contribution in [0.4, 0.5) is 10.2 Å². The van der Waals surface area contributed by atoms with Crippen molar-refractivity contribution in [3.8, 4) is 0 Å². The molecule has 21 heavy (non-hydrogen) atoms. The topological polar surface area (TPSA) is 88.0 Å². The van der Waals surface area contributed by atoms with Crippen molar-refractivity contribution in [3.63, 3.8) is 0 Å². The van der Waals surface area contributed by atoms with Gasteiger partial charge in [0, 0.05) is 23.2 Å². The minimum Gasteiger partial charge on any atom is -0.360 e. The van der Waals surface area contributed by atoms with Crippen LogP contribution in [0.5, 0.6) is 0 Å². The molecule has 0 spiro atoms. The molecule has 0 fully saturated rings. The third-order valence-corrected chi connectivity index (χ3v) is 2.96. The molecule has 0 aliphatic rings. The van der Waals surface area contributed by atoms with E-state index in [2.05, 4.69) is 15.5 Å². The van der Waals surface area contributed by atoms with Crippen molar-refractivity contribution in [1.82, 2.24) is 10.1 Å². The molecule has 1 aromatic carbocycles. The van der Waals surface area contributed by atoms with Crippen LogP contribution >= 0.6 is 0 Å². The number of H-pyrrole nitrogens is 1. The van der Waals surface area contributed by atoms with Crippen LogP contribution in [0.1, 0.15) is 16.1 Å². The number of aromatic nitrogens is 2. The normalized spacial score (nSPS) is 10.8. The quantitative estimate of drug-likeness (QED) is 0.572. The zero-order chi connectivity index (χ0) is 15.0. The molecule has 0 aliphatic heterocycles. The molecule has 6 nitrogen and oxygen atoms in total. The summed E-state index contributed by atoms with van der Waals surface area (Å²) in [7, 11) is 0. The number of carbonyl (C=O) groups is 2. The fourth-order valence-corrected chi connectivity index (χ4v) is 2.01. The summed E-state index contributed by atoms with van der Waals surface area (Å²) in [4.78, 5) is 26.8. The van der Waals surface area contributed by atoms with Gasteiger partial charge < -0.3 is 14.8 Å². The van der Waals surface area contributed by atoms with Crippen molar-refractivity contribution >= 4 is 28.4 Å². The Kier molecular flexibility index (Phi) is 3.02. The second kappa shape index (κ2) is 4.86. The number of benzene rings is 1. The van der Waals surface area contributed by atoms with Crippen molar-refractivity contribution < 1.29 is 18.5 Å². The summed E-state index contributed by atoms with van der Waals surface area (Å²) in [5, 5.41) is 6.40. The first-order chi connectivity index (χ1) is 10.0. The number of nitrogens with zero attached hydrogens (tertiary/aromatic N) is 1. The van der Waals surface area contributed by atoms with Crippen LogP contribution in [0.25, 0.3) is 10.9 Å². The molecule has 0 saturated heterocycles. The molecule has 3 rings (SSSR count). The Hall–Kier alpha value is -2.96. The Bertz CT molecular complexity index is 850. The number of rotatable bonds is 3. The van der Waals surface area contributed by atoms with Crippen LogP contribution in [-0.2, 0) is 4.79 Å². The first kappa shape index (κ1) is 13.0. The Morgan fingerprint density at radius 2 is 2.14 bits per heavy atom. The van der Waals surface area contributed by atoms with E-state index < -0.39 is 17.5 Å². The molecule has 106 valence electrons. The number of aryl methyl sites for hydroxylation is 1. The highest BCUT2D eigenvalue weighted by atomic mass is 19.1. The number of nitrogens with one attached hydrogen (secondary N) is 2. The van der Waals surface area contributed by atoms with Crippen LogP contribution in [0.3, 0.4) is 0 Å². The number of hydrogen-bond acceptors (Lipinski definition) is 4. The number of ketones is 1. The smallest absolute Gasteiger partial charge is 0.298 e. The van der Waals surface area contributed by atoms with E-state index in [0.717, 1.165) is 0 Å². The number of fused-ring (bicyclic) bond motifs is 1. The van der Waals surface area contributed by atoms with E-state index in [9.17, 15) is 14.0 Å². The molecule has 7 heteroatoms. The van der Waals surface area contributed by atoms with Gasteiger partial charge in [0.2, 0.25) is 0 Å². The van der Waals surface area contributed by atoms with Gasteiger partial charge in [0.15, 0.2) is 5.82 Å². The largest absolute Gasteiger partial charge is 0.360 e. The van der Waals surface area contributed by atoms with Gasteiger partial charge in [0.1, 0.15) is 11.6 Å². The zero-order valence-corrected chi connectivity index (χ0v) is 10.9. The van der Waals surface area contributed by atoms with Crippen LogP contribution in [0.15, 0.2) is 35.0 Å². The average molecular weight is 287 g/mol. The molecule has 2 N–H and O–H groups in total. The van der Waals surface area contributed by atoms with E-state index in [1.165, 1.54) is 30.5 Å². The Morgan fingerprint density at radius 1 is 1.33 bits per heavy atom. The van der Waals surface area contributed by atoms with Gasteiger partial charge in [0.25, 0.3) is 11.7 Å². The molecule has 0 bridgehead atoms. The van der Waals surface area contributed by atoms with E-state index in [-0.39, 0.29) is 11.4 Å². The highest BCUT2D eigenvalue weighted by molar-refractivity contribution is 6.48. The number of hydrogen-bond donors (Lipinski definition) is 2. The summed E-state index contributed by atoms with van der Waals surface area (Å²) in [6.07, 6.45) is 1.38. The average Bonchev–Trinajstić information content (AvgIpc) is 3.03. The van der Waals surface area contributed by atoms with E-state index in [4.69, 9.17) is 4.52 Å². The van der Waals surface area contributed by atoms with Crippen LogP contribution in [-0.4, -0.2) is 21.8 Å². The number of Topliss-reactive ketones (excluding diaryl/α,β-unsaturated/α-hetero) is 1. The van der Waals surface area contributed by atoms with Crippen LogP contribution in [0.2, 0.25) is 0 Å². The number of carbonyl (C=O) groups excluding carboxylic acids is 2. The maximum Gasteiger partial charge on any atom is 0.298 e. The summed E-state index contributed by atoms with van der Waals surface area (Å²) in [6.45, 7) is 1.67. The van der Waals surface area contributed by atoms with Crippen molar-refractivity contribution in [2.75, 3.05) is 5.32 Å². The predicted molar refractivity (Wildman–Crippen MR) is 72.5 cm³/mol. The molecular formula is C14H10FN3O3. The van der Waals surface area contributed by atoms with Crippen molar-refractivity contribution in [2.45, 2.75) is 6.92 Å². The molecule has 0 saturated carbocycles. The van der Waals surface area contributed by atoms with Gasteiger partial charge in [-0.25, -0.2) is 4.39 Å². The molecule has 2 heterocycles. The van der Waals surface area contributed by atoms with Crippen molar-refractivity contribution in [3.05, 3.63) is 47.6 Å². The van der Waals surface area contributed by atoms with Gasteiger partial charge in [-0.15, -0.1) is 0 Å². The van der Waals surface area contributed by atoms with Crippen LogP contribution in [0, 0.1) is 12.7 Å². The van der Waals surface area contributed by atoms with Gasteiger partial charge in [-0.3, -0.25) is 9.59 Å². The van der Waals surface area contributed by atoms with E-state index in [1.54, 1.807) is 6.92 Å². The maximum atomic E-state index is 13.1. The molecule has 0 aliphatic carbocycles. The maximum absolute atomic E-state index is 13.1. The minimum atomic E-state index is -0.839. The van der Waals surface area contributed by atoms with Gasteiger partial charge >= 0.3 is 0 Å². The monoisotopic (exact) mass is 287 g/mol. The third-order valence-electron chi connectivity index (χ3n) is 2.96. The lowest BCUT2D eigenvalue weighted by Crippen LogP contribution is -2.22. The van der Waals surface area contributed by atoms with Crippen molar-refractivity contribution in [1.29, 1.82) is 0 Å². The summed E-state index contributed by atoms with van der Waals surface area (Å²) >= 11 is 0. The van der Waals surface area contributed by atoms with Gasteiger partial charge in [-0.05, 0) is 25.1 Å². The van der Waals surface area contributed by atoms with Gasteiger partial charge in [0.05, 0.1) is 5.56 Å². The molecule has 0 radical (unpaired) electrons. The standard InChI is InChI=1S/C14H10FN3O3/c1-7-4-12(18-21-7)17-14(20)13(19)10-6-16-11-5-8(15)2-3-9(10)11/h2-6,16H,1H3,(H,17,18,20). The Morgan fingerprint density at radius 3 is 2.86 bits per heavy atom. The van der Waals surface area contributed by atoms with E-state index >= 15 is 0 Å². The summed E-state index contributed by atoms with van der Waals surface area (Å²) in [5.74, 6) is -1.33. The number of anilines is 1. The second-order valence-electron chi connectivity index (χ2n) is 4.50. The second-order valence-corrected chi connectivity index (χ2v) is 4.50. The fourth-order valence-electron chi connectivity index (χ4n) is 2.01. The van der Waals surface area contributed by atoms with Gasteiger partial charge in [-0.2, -0.15) is 0 Å². The molecular weight excluding hydrogens is 277 g/mol. The zero-order valence-electron chi connectivity index (χ0n) is 10.9. The molecule has 2 aromatic heterocycles. The highest BCUT2D eigenvalue weighted by Gasteiger charge is 2.21. The fraction of sp³-hybridized carbons (Fsp3) is 0.0714. The lowest BCUT2D eigenvalue weighted by molar-refractivity contribution is -0.112. The Balaban J connectivity index is 1.88.